The third-order valence-electron chi connectivity index (χ3n) is 3.31. The third-order valence-corrected chi connectivity index (χ3v) is 3.31. The molecule has 0 aromatic heterocycles. The van der Waals surface area contributed by atoms with Crippen LogP contribution >= 0.6 is 0 Å². The molecule has 0 fully saturated rings. The van der Waals surface area contributed by atoms with Crippen LogP contribution in [0.5, 0.6) is 5.75 Å². The largest absolute Gasteiger partial charge is 0.481 e. The lowest BCUT2D eigenvalue weighted by molar-refractivity contribution is -0.137. The molecule has 112 valence electrons. The van der Waals surface area contributed by atoms with E-state index in [-0.39, 0.29) is 5.91 Å². The molecule has 0 saturated heterocycles. The number of hydrogen-bond acceptors (Lipinski definition) is 3. The zero-order valence-corrected chi connectivity index (χ0v) is 13.2. The molecular formula is C16H26N2O2. The number of likely N-dealkylation sites (N-methyl/N-ethyl adjacent to an activating group) is 1. The summed E-state index contributed by atoms with van der Waals surface area (Å²) in [5.41, 5.74) is 2.26. The van der Waals surface area contributed by atoms with E-state index in [2.05, 4.69) is 11.4 Å². The Bertz CT molecular complexity index is 442. The maximum Gasteiger partial charge on any atom is 0.263 e. The van der Waals surface area contributed by atoms with E-state index in [9.17, 15) is 4.79 Å². The number of carbonyl (C=O) groups excluding carboxylic acids is 1. The van der Waals surface area contributed by atoms with Crippen LogP contribution in [-0.2, 0) is 11.3 Å². The minimum Gasteiger partial charge on any atom is -0.481 e. The van der Waals surface area contributed by atoms with Gasteiger partial charge >= 0.3 is 0 Å². The Morgan fingerprint density at radius 1 is 1.35 bits per heavy atom. The van der Waals surface area contributed by atoms with Crippen molar-refractivity contribution in [3.05, 3.63) is 29.3 Å². The molecule has 1 unspecified atom stereocenters. The molecule has 4 nitrogen and oxygen atoms in total. The molecule has 1 aromatic carbocycles. The van der Waals surface area contributed by atoms with Gasteiger partial charge in [0.25, 0.3) is 5.91 Å². The Morgan fingerprint density at radius 2 is 2.00 bits per heavy atom. The van der Waals surface area contributed by atoms with E-state index in [1.54, 1.807) is 4.90 Å². The summed E-state index contributed by atoms with van der Waals surface area (Å²) < 4.78 is 5.87. The normalized spacial score (nSPS) is 12.1. The number of rotatable bonds is 7. The first-order chi connectivity index (χ1) is 9.53. The molecule has 0 saturated carbocycles. The molecule has 4 heteroatoms. The lowest BCUT2D eigenvalue weighted by atomic mass is 10.1. The summed E-state index contributed by atoms with van der Waals surface area (Å²) in [6, 6.07) is 6.03. The lowest BCUT2D eigenvalue weighted by Gasteiger charge is -2.24. The highest BCUT2D eigenvalue weighted by atomic mass is 16.5. The quantitative estimate of drug-likeness (QED) is 0.832. The van der Waals surface area contributed by atoms with Gasteiger partial charge < -0.3 is 15.0 Å². The fourth-order valence-electron chi connectivity index (χ4n) is 2.19. The van der Waals surface area contributed by atoms with Gasteiger partial charge in [-0.2, -0.15) is 0 Å². The highest BCUT2D eigenvalue weighted by Crippen LogP contribution is 2.21. The Labute approximate surface area is 122 Å². The van der Waals surface area contributed by atoms with Crippen LogP contribution in [0.4, 0.5) is 0 Å². The minimum absolute atomic E-state index is 0.0333. The molecule has 1 N–H and O–H groups in total. The number of amides is 1. The number of ether oxygens (including phenoxy) is 1. The van der Waals surface area contributed by atoms with Gasteiger partial charge in [-0.1, -0.05) is 17.7 Å². The highest BCUT2D eigenvalue weighted by molar-refractivity contribution is 5.80. The summed E-state index contributed by atoms with van der Waals surface area (Å²) in [5, 5.41) is 3.12. The fourth-order valence-corrected chi connectivity index (χ4v) is 2.19. The van der Waals surface area contributed by atoms with E-state index in [0.29, 0.717) is 13.1 Å². The zero-order chi connectivity index (χ0) is 15.1. The Hall–Kier alpha value is -1.55. The van der Waals surface area contributed by atoms with Crippen molar-refractivity contribution in [3.8, 4) is 5.75 Å². The van der Waals surface area contributed by atoms with Crippen LogP contribution in [0.15, 0.2) is 18.2 Å². The Balaban J connectivity index is 2.84. The van der Waals surface area contributed by atoms with Crippen LogP contribution in [0.1, 0.15) is 31.9 Å². The van der Waals surface area contributed by atoms with E-state index < -0.39 is 6.10 Å². The molecule has 0 spiro atoms. The molecule has 0 aliphatic rings. The van der Waals surface area contributed by atoms with Gasteiger partial charge in [0.15, 0.2) is 6.10 Å². The van der Waals surface area contributed by atoms with Crippen molar-refractivity contribution in [1.82, 2.24) is 10.2 Å². The van der Waals surface area contributed by atoms with Gasteiger partial charge in [0.2, 0.25) is 0 Å². The van der Waals surface area contributed by atoms with Crippen LogP contribution in [0, 0.1) is 6.92 Å². The lowest BCUT2D eigenvalue weighted by Crippen LogP contribution is -2.40. The van der Waals surface area contributed by atoms with Crippen molar-refractivity contribution in [3.63, 3.8) is 0 Å². The van der Waals surface area contributed by atoms with E-state index >= 15 is 0 Å². The van der Waals surface area contributed by atoms with E-state index in [1.807, 2.05) is 46.9 Å². The molecular weight excluding hydrogens is 252 g/mol. The average molecular weight is 278 g/mol. The standard InChI is InChI=1S/C16H26N2O2/c1-6-18(7-2)16(19)13(4)20-15-9-8-12(3)10-14(15)11-17-5/h8-10,13,17H,6-7,11H2,1-5H3. The van der Waals surface area contributed by atoms with Crippen molar-refractivity contribution >= 4 is 5.91 Å². The van der Waals surface area contributed by atoms with Crippen LogP contribution in [0.2, 0.25) is 0 Å². The molecule has 0 heterocycles. The molecule has 1 amide bonds. The second kappa shape index (κ2) is 7.90. The molecule has 0 radical (unpaired) electrons. The topological polar surface area (TPSA) is 41.6 Å². The van der Waals surface area contributed by atoms with Gasteiger partial charge in [-0.25, -0.2) is 0 Å². The molecule has 1 rings (SSSR count). The van der Waals surface area contributed by atoms with E-state index in [1.165, 1.54) is 5.56 Å². The minimum atomic E-state index is -0.465. The predicted molar refractivity (Wildman–Crippen MR) is 82.0 cm³/mol. The Morgan fingerprint density at radius 3 is 2.55 bits per heavy atom. The molecule has 20 heavy (non-hydrogen) atoms. The van der Waals surface area contributed by atoms with Crippen molar-refractivity contribution in [2.75, 3.05) is 20.1 Å². The molecule has 0 aliphatic carbocycles. The summed E-state index contributed by atoms with van der Waals surface area (Å²) in [6.07, 6.45) is -0.465. The van der Waals surface area contributed by atoms with Gasteiger partial charge in [-0.05, 0) is 40.8 Å². The van der Waals surface area contributed by atoms with Crippen LogP contribution in [0.25, 0.3) is 0 Å². The van der Waals surface area contributed by atoms with Crippen molar-refractivity contribution in [2.45, 2.75) is 40.3 Å². The predicted octanol–water partition coefficient (Wildman–Crippen LogP) is 2.35. The van der Waals surface area contributed by atoms with E-state index in [0.717, 1.165) is 17.9 Å². The van der Waals surface area contributed by atoms with E-state index in [4.69, 9.17) is 4.74 Å². The highest BCUT2D eigenvalue weighted by Gasteiger charge is 2.20. The van der Waals surface area contributed by atoms with Gasteiger partial charge in [0.1, 0.15) is 5.75 Å². The van der Waals surface area contributed by atoms with Crippen molar-refractivity contribution in [2.24, 2.45) is 0 Å². The number of carbonyl (C=O) groups is 1. The number of nitrogens with zero attached hydrogens (tertiary/aromatic N) is 1. The van der Waals surface area contributed by atoms with Crippen LogP contribution in [-0.4, -0.2) is 37.0 Å². The maximum absolute atomic E-state index is 12.2. The van der Waals surface area contributed by atoms with Gasteiger partial charge in [-0.3, -0.25) is 4.79 Å². The smallest absolute Gasteiger partial charge is 0.263 e. The SMILES string of the molecule is CCN(CC)C(=O)C(C)Oc1ccc(C)cc1CNC. The maximum atomic E-state index is 12.2. The van der Waals surface area contributed by atoms with Gasteiger partial charge in [0, 0.05) is 25.2 Å². The van der Waals surface area contributed by atoms with Crippen LogP contribution in [0.3, 0.4) is 0 Å². The van der Waals surface area contributed by atoms with Crippen molar-refractivity contribution < 1.29 is 9.53 Å². The number of aryl methyl sites for hydroxylation is 1. The molecule has 1 aromatic rings. The first-order valence-corrected chi connectivity index (χ1v) is 7.23. The number of nitrogens with one attached hydrogen (secondary N) is 1. The molecule has 1 atom stereocenters. The first kappa shape index (κ1) is 16.5. The monoisotopic (exact) mass is 278 g/mol. The summed E-state index contributed by atoms with van der Waals surface area (Å²) >= 11 is 0. The second-order valence-corrected chi connectivity index (χ2v) is 4.91. The summed E-state index contributed by atoms with van der Waals surface area (Å²) in [5.74, 6) is 0.809. The molecule has 0 aliphatic heterocycles. The summed E-state index contributed by atoms with van der Waals surface area (Å²) in [4.78, 5) is 14.0. The zero-order valence-electron chi connectivity index (χ0n) is 13.2. The summed E-state index contributed by atoms with van der Waals surface area (Å²) in [7, 11) is 1.90. The fraction of sp³-hybridized carbons (Fsp3) is 0.562. The average Bonchev–Trinajstić information content (AvgIpc) is 2.43. The number of hydrogen-bond donors (Lipinski definition) is 1. The summed E-state index contributed by atoms with van der Waals surface area (Å²) in [6.45, 7) is 9.96. The molecule has 0 bridgehead atoms. The number of benzene rings is 1. The Kier molecular flexibility index (Phi) is 6.52. The van der Waals surface area contributed by atoms with Crippen LogP contribution < -0.4 is 10.1 Å². The van der Waals surface area contributed by atoms with Gasteiger partial charge in [0.05, 0.1) is 0 Å². The van der Waals surface area contributed by atoms with Crippen molar-refractivity contribution in [1.29, 1.82) is 0 Å². The third kappa shape index (κ3) is 4.23. The van der Waals surface area contributed by atoms with Gasteiger partial charge in [-0.15, -0.1) is 0 Å². The first-order valence-electron chi connectivity index (χ1n) is 7.23. The second-order valence-electron chi connectivity index (χ2n) is 4.91.